The van der Waals surface area contributed by atoms with Crippen molar-refractivity contribution in [2.45, 2.75) is 11.8 Å². The van der Waals surface area contributed by atoms with E-state index in [2.05, 4.69) is 0 Å². The van der Waals surface area contributed by atoms with Crippen LogP contribution in [0.4, 0.5) is 5.69 Å². The highest BCUT2D eigenvalue weighted by atomic mass is 35.5. The van der Waals surface area contributed by atoms with Crippen molar-refractivity contribution in [3.63, 3.8) is 0 Å². The van der Waals surface area contributed by atoms with Crippen molar-refractivity contribution in [3.8, 4) is 0 Å². The van der Waals surface area contributed by atoms with Gasteiger partial charge in [0.05, 0.1) is 15.3 Å². The zero-order valence-electron chi connectivity index (χ0n) is 15.5. The van der Waals surface area contributed by atoms with E-state index in [1.54, 1.807) is 31.2 Å². The fourth-order valence-electron chi connectivity index (χ4n) is 2.99. The van der Waals surface area contributed by atoms with Gasteiger partial charge in [-0.2, -0.15) is 4.31 Å². The lowest BCUT2D eigenvalue weighted by Crippen LogP contribution is -2.37. The van der Waals surface area contributed by atoms with E-state index in [9.17, 15) is 18.0 Å². The van der Waals surface area contributed by atoms with Gasteiger partial charge in [-0.15, -0.1) is 0 Å². The summed E-state index contributed by atoms with van der Waals surface area (Å²) < 4.78 is 33.2. The summed E-state index contributed by atoms with van der Waals surface area (Å²) in [6.07, 6.45) is 0. The molecule has 0 bridgehead atoms. The number of benzene rings is 3. The average Bonchev–Trinajstić information content (AvgIpc) is 3.08. The predicted molar refractivity (Wildman–Crippen MR) is 117 cm³/mol. The average molecular weight is 460 g/mol. The maximum atomic E-state index is 13.5. The topological polar surface area (TPSA) is 84.7 Å². The molecule has 6 nitrogen and oxygen atoms in total. The van der Waals surface area contributed by atoms with Crippen LogP contribution < -0.4 is 9.24 Å². The summed E-state index contributed by atoms with van der Waals surface area (Å²) in [5.41, 5.74) is 1.30. The van der Waals surface area contributed by atoms with Crippen molar-refractivity contribution in [2.75, 3.05) is 4.31 Å². The number of amides is 1. The van der Waals surface area contributed by atoms with E-state index >= 15 is 0 Å². The second kappa shape index (κ2) is 7.71. The van der Waals surface area contributed by atoms with Gasteiger partial charge in [-0.05, 0) is 61.0 Å². The summed E-state index contributed by atoms with van der Waals surface area (Å²) in [5.74, 6) is -0.710. The summed E-state index contributed by atoms with van der Waals surface area (Å²) >= 11 is 6.72. The number of anilines is 1. The first-order chi connectivity index (χ1) is 14.3. The minimum absolute atomic E-state index is 0.0886. The van der Waals surface area contributed by atoms with E-state index in [0.717, 1.165) is 15.6 Å². The van der Waals surface area contributed by atoms with Gasteiger partial charge in [-0.1, -0.05) is 41.1 Å². The Hall–Kier alpha value is -2.94. The van der Waals surface area contributed by atoms with Crippen LogP contribution in [0.25, 0.3) is 10.3 Å². The molecule has 0 saturated heterocycles. The first-order valence-corrected chi connectivity index (χ1v) is 11.4. The second-order valence-electron chi connectivity index (χ2n) is 6.43. The largest absolute Gasteiger partial charge is 0.414 e. The highest BCUT2D eigenvalue weighted by molar-refractivity contribution is 7.93. The summed E-state index contributed by atoms with van der Waals surface area (Å²) in [6.45, 7) is 1.73. The van der Waals surface area contributed by atoms with Crippen molar-refractivity contribution in [2.24, 2.45) is 0 Å². The molecule has 3 aromatic carbocycles. The minimum Gasteiger partial charge on any atom is -0.414 e. The lowest BCUT2D eigenvalue weighted by atomic mass is 10.1. The predicted octanol–water partition coefficient (Wildman–Crippen LogP) is 4.85. The molecule has 0 N–H and O–H groups in total. The van der Waals surface area contributed by atoms with Crippen molar-refractivity contribution < 1.29 is 17.6 Å². The van der Waals surface area contributed by atoms with Gasteiger partial charge in [0.25, 0.3) is 15.9 Å². The number of rotatable bonds is 4. The van der Waals surface area contributed by atoms with Crippen molar-refractivity contribution in [1.82, 2.24) is 0 Å². The van der Waals surface area contributed by atoms with Crippen molar-refractivity contribution in [3.05, 3.63) is 92.6 Å². The quantitative estimate of drug-likeness (QED) is 0.435. The zero-order valence-corrected chi connectivity index (χ0v) is 17.9. The molecular formula is C21H14ClNO5S2. The number of hydrogen-bond donors (Lipinski definition) is 0. The van der Waals surface area contributed by atoms with Gasteiger partial charge in [0, 0.05) is 10.6 Å². The Balaban J connectivity index is 1.94. The maximum absolute atomic E-state index is 13.5. The molecule has 9 heteroatoms. The molecule has 30 heavy (non-hydrogen) atoms. The van der Waals surface area contributed by atoms with E-state index in [1.165, 1.54) is 42.5 Å². The monoisotopic (exact) mass is 459 g/mol. The number of hydrogen-bond acceptors (Lipinski definition) is 6. The Bertz CT molecular complexity index is 1420. The molecule has 1 amide bonds. The van der Waals surface area contributed by atoms with Gasteiger partial charge in [0.1, 0.15) is 5.58 Å². The summed E-state index contributed by atoms with van der Waals surface area (Å²) in [7, 11) is -4.28. The number of carbonyl (C=O) groups excluding carboxylic acids is 1. The van der Waals surface area contributed by atoms with Crippen LogP contribution in [0.1, 0.15) is 15.9 Å². The first-order valence-electron chi connectivity index (χ1n) is 8.72. The van der Waals surface area contributed by atoms with E-state index in [0.29, 0.717) is 20.9 Å². The normalized spacial score (nSPS) is 11.5. The lowest BCUT2D eigenvalue weighted by Gasteiger charge is -2.23. The van der Waals surface area contributed by atoms with Crippen LogP contribution in [0, 0.1) is 6.92 Å². The molecule has 4 rings (SSSR count). The van der Waals surface area contributed by atoms with Gasteiger partial charge in [-0.3, -0.25) is 4.79 Å². The van der Waals surface area contributed by atoms with E-state index in [-0.39, 0.29) is 16.1 Å². The van der Waals surface area contributed by atoms with Crippen molar-refractivity contribution in [1.29, 1.82) is 0 Å². The molecule has 1 aromatic heterocycles. The number of halogens is 1. The van der Waals surface area contributed by atoms with Gasteiger partial charge in [0.15, 0.2) is 0 Å². The van der Waals surface area contributed by atoms with Crippen LogP contribution in [0.3, 0.4) is 0 Å². The van der Waals surface area contributed by atoms with Crippen LogP contribution in [-0.2, 0) is 10.0 Å². The Kier molecular flexibility index (Phi) is 5.23. The maximum Gasteiger partial charge on any atom is 0.396 e. The van der Waals surface area contributed by atoms with Crippen LogP contribution in [0.15, 0.2) is 80.8 Å². The Labute approximate surface area is 181 Å². The molecule has 0 fully saturated rings. The van der Waals surface area contributed by atoms with Gasteiger partial charge in [-0.25, -0.2) is 13.2 Å². The van der Waals surface area contributed by atoms with Crippen LogP contribution in [-0.4, -0.2) is 14.3 Å². The van der Waals surface area contributed by atoms with E-state index in [4.69, 9.17) is 16.0 Å². The number of carbonyl (C=O) groups is 1. The first kappa shape index (κ1) is 20.3. The standard InChI is InChI=1S/C21H14ClNO5S2/c1-13-4-2-3-5-17(13)20(24)23(30(26,27)16-9-6-14(22)7-10-16)15-8-11-18-19(12-15)29-21(25)28-18/h2-12H,1H3. The second-order valence-corrected chi connectivity index (χ2v) is 9.63. The molecule has 0 unspecified atom stereocenters. The highest BCUT2D eigenvalue weighted by Crippen LogP contribution is 2.31. The lowest BCUT2D eigenvalue weighted by molar-refractivity contribution is 0.100. The van der Waals surface area contributed by atoms with Gasteiger partial charge in [0.2, 0.25) is 0 Å². The molecule has 0 atom stereocenters. The van der Waals surface area contributed by atoms with Gasteiger partial charge < -0.3 is 4.42 Å². The number of sulfonamides is 1. The molecule has 0 spiro atoms. The molecule has 0 aliphatic rings. The number of fused-ring (bicyclic) bond motifs is 1. The SMILES string of the molecule is Cc1ccccc1C(=O)N(c1ccc2oc(=O)sc2c1)S(=O)(=O)c1ccc(Cl)cc1. The number of nitrogens with zero attached hydrogens (tertiary/aromatic N) is 1. The Morgan fingerprint density at radius 1 is 1.03 bits per heavy atom. The summed E-state index contributed by atoms with van der Waals surface area (Å²) in [5, 5.41) is 0.371. The molecule has 0 radical (unpaired) electrons. The van der Waals surface area contributed by atoms with Crippen LogP contribution in [0.2, 0.25) is 5.02 Å². The number of aryl methyl sites for hydroxylation is 1. The van der Waals surface area contributed by atoms with E-state index in [1.807, 2.05) is 0 Å². The Morgan fingerprint density at radius 3 is 2.43 bits per heavy atom. The third kappa shape index (κ3) is 3.65. The minimum atomic E-state index is -4.28. The molecular weight excluding hydrogens is 446 g/mol. The molecule has 1 heterocycles. The fraction of sp³-hybridized carbons (Fsp3) is 0.0476. The Morgan fingerprint density at radius 2 is 1.73 bits per heavy atom. The van der Waals surface area contributed by atoms with E-state index < -0.39 is 20.9 Å². The fourth-order valence-corrected chi connectivity index (χ4v) is 5.21. The molecule has 152 valence electrons. The third-order valence-corrected chi connectivity index (χ3v) is 7.23. The molecule has 0 aliphatic carbocycles. The molecule has 0 aliphatic heterocycles. The highest BCUT2D eigenvalue weighted by Gasteiger charge is 2.33. The zero-order chi connectivity index (χ0) is 21.5. The van der Waals surface area contributed by atoms with Crippen LogP contribution in [0.5, 0.6) is 0 Å². The summed E-state index contributed by atoms with van der Waals surface area (Å²) in [4.78, 5) is 24.4. The van der Waals surface area contributed by atoms with Gasteiger partial charge >= 0.3 is 4.94 Å². The van der Waals surface area contributed by atoms with Crippen molar-refractivity contribution >= 4 is 54.8 Å². The molecule has 4 aromatic rings. The molecule has 0 saturated carbocycles. The summed E-state index contributed by atoms with van der Waals surface area (Å²) in [6, 6.07) is 16.6. The third-order valence-electron chi connectivity index (χ3n) is 4.46. The smallest absolute Gasteiger partial charge is 0.396 e. The van der Waals surface area contributed by atoms with Crippen LogP contribution >= 0.6 is 22.9 Å².